The molecule has 9 nitrogen and oxygen atoms in total. The maximum absolute atomic E-state index is 13.2. The quantitative estimate of drug-likeness (QED) is 0.644. The first-order valence-electron chi connectivity index (χ1n) is 10.8. The smallest absolute Gasteiger partial charge is 0.243 e. The molecule has 1 N–H and O–H groups in total. The highest BCUT2D eigenvalue weighted by Gasteiger charge is 2.38. The number of amides is 2. The van der Waals surface area contributed by atoms with E-state index in [1.807, 2.05) is 0 Å². The molecule has 2 aliphatic heterocycles. The number of anilines is 1. The minimum atomic E-state index is -3.50. The second kappa shape index (κ2) is 10.3. The van der Waals surface area contributed by atoms with Gasteiger partial charge in [-0.3, -0.25) is 9.59 Å². The van der Waals surface area contributed by atoms with E-state index in [-0.39, 0.29) is 24.1 Å². The number of fused-ring (bicyclic) bond motifs is 1. The van der Waals surface area contributed by atoms with E-state index in [1.54, 1.807) is 32.0 Å². The molecule has 1 atom stereocenters. The molecule has 0 spiro atoms. The Morgan fingerprint density at radius 3 is 2.61 bits per heavy atom. The molecule has 0 aliphatic carbocycles. The van der Waals surface area contributed by atoms with Gasteiger partial charge in [0.25, 0.3) is 0 Å². The van der Waals surface area contributed by atoms with Crippen LogP contribution < -0.4 is 14.8 Å². The van der Waals surface area contributed by atoms with Crippen molar-refractivity contribution in [2.45, 2.75) is 45.6 Å². The average molecular weight is 454 g/mol. The summed E-state index contributed by atoms with van der Waals surface area (Å²) >= 11 is 0. The van der Waals surface area contributed by atoms with E-state index in [1.165, 1.54) is 9.21 Å². The normalized spacial score (nSPS) is 19.0. The van der Waals surface area contributed by atoms with Gasteiger partial charge < -0.3 is 19.7 Å². The Morgan fingerprint density at radius 1 is 1.16 bits per heavy atom. The fourth-order valence-corrected chi connectivity index (χ4v) is 5.65. The zero-order chi connectivity index (χ0) is 22.4. The molecule has 10 heteroatoms. The van der Waals surface area contributed by atoms with Gasteiger partial charge in [-0.05, 0) is 38.3 Å². The average Bonchev–Trinajstić information content (AvgIpc) is 2.77. The van der Waals surface area contributed by atoms with Crippen LogP contribution in [0.2, 0.25) is 0 Å². The molecule has 3 rings (SSSR count). The predicted molar refractivity (Wildman–Crippen MR) is 117 cm³/mol. The molecule has 2 amide bonds. The molecule has 1 aromatic rings. The van der Waals surface area contributed by atoms with Crippen LogP contribution in [-0.4, -0.2) is 74.1 Å². The van der Waals surface area contributed by atoms with Crippen molar-refractivity contribution in [3.63, 3.8) is 0 Å². The maximum atomic E-state index is 13.2. The summed E-state index contributed by atoms with van der Waals surface area (Å²) in [5, 5.41) is 2.78. The molecule has 1 unspecified atom stereocenters. The van der Waals surface area contributed by atoms with Crippen molar-refractivity contribution in [1.82, 2.24) is 9.21 Å². The van der Waals surface area contributed by atoms with Crippen LogP contribution in [-0.2, 0) is 19.6 Å². The van der Waals surface area contributed by atoms with Crippen molar-refractivity contribution in [1.29, 1.82) is 0 Å². The molecule has 31 heavy (non-hydrogen) atoms. The van der Waals surface area contributed by atoms with Crippen molar-refractivity contribution < 1.29 is 27.5 Å². The van der Waals surface area contributed by atoms with Crippen LogP contribution >= 0.6 is 0 Å². The lowest BCUT2D eigenvalue weighted by Gasteiger charge is -2.36. The Bertz CT molecular complexity index is 904. The number of hydrogen-bond acceptors (Lipinski definition) is 6. The van der Waals surface area contributed by atoms with Crippen molar-refractivity contribution in [3.05, 3.63) is 18.2 Å². The fraction of sp³-hybridized carbons (Fsp3) is 0.619. The van der Waals surface area contributed by atoms with E-state index in [2.05, 4.69) is 5.32 Å². The van der Waals surface area contributed by atoms with E-state index >= 15 is 0 Å². The standard InChI is InChI=1S/C21H31N3O6S/c1-3-13-31(27,28)24-10-6-5-7-17(24)21(26)23(4-2)15-20(25)22-16-8-9-18-19(14-16)30-12-11-29-18/h8-9,14,17H,3-7,10-13,15H2,1-2H3,(H,22,25). The first kappa shape index (κ1) is 23.3. The van der Waals surface area contributed by atoms with Crippen molar-refractivity contribution in [2.75, 3.05) is 43.9 Å². The topological polar surface area (TPSA) is 105 Å². The minimum absolute atomic E-state index is 0.0213. The lowest BCUT2D eigenvalue weighted by Crippen LogP contribution is -2.54. The fourth-order valence-electron chi connectivity index (χ4n) is 3.91. The van der Waals surface area contributed by atoms with E-state index < -0.39 is 16.1 Å². The zero-order valence-corrected chi connectivity index (χ0v) is 18.9. The molecule has 0 radical (unpaired) electrons. The summed E-state index contributed by atoms with van der Waals surface area (Å²) in [4.78, 5) is 27.2. The van der Waals surface area contributed by atoms with Gasteiger partial charge in [-0.15, -0.1) is 0 Å². The molecule has 0 bridgehead atoms. The number of nitrogens with zero attached hydrogens (tertiary/aromatic N) is 2. The van der Waals surface area contributed by atoms with Gasteiger partial charge >= 0.3 is 0 Å². The number of rotatable bonds is 8. The molecule has 2 heterocycles. The van der Waals surface area contributed by atoms with Crippen molar-refractivity contribution >= 4 is 27.5 Å². The number of ether oxygens (including phenoxy) is 2. The van der Waals surface area contributed by atoms with Gasteiger partial charge in [0.2, 0.25) is 21.8 Å². The molecular formula is C21H31N3O6S. The predicted octanol–water partition coefficient (Wildman–Crippen LogP) is 1.84. The monoisotopic (exact) mass is 453 g/mol. The maximum Gasteiger partial charge on any atom is 0.243 e. The number of hydrogen-bond donors (Lipinski definition) is 1. The number of piperidine rings is 1. The number of sulfonamides is 1. The van der Waals surface area contributed by atoms with Crippen molar-refractivity contribution in [2.24, 2.45) is 0 Å². The number of carbonyl (C=O) groups is 2. The number of nitrogens with one attached hydrogen (secondary N) is 1. The highest BCUT2D eigenvalue weighted by Crippen LogP contribution is 2.32. The molecular weight excluding hydrogens is 422 g/mol. The third-order valence-corrected chi connectivity index (χ3v) is 7.49. The Morgan fingerprint density at radius 2 is 1.90 bits per heavy atom. The summed E-state index contributed by atoms with van der Waals surface area (Å²) in [6.07, 6.45) is 2.50. The summed E-state index contributed by atoms with van der Waals surface area (Å²) < 4.78 is 37.6. The third-order valence-electron chi connectivity index (χ3n) is 5.41. The van der Waals surface area contributed by atoms with Gasteiger partial charge in [0, 0.05) is 24.8 Å². The third kappa shape index (κ3) is 5.68. The van der Waals surface area contributed by atoms with Crippen molar-refractivity contribution in [3.8, 4) is 11.5 Å². The molecule has 0 saturated carbocycles. The molecule has 1 aromatic carbocycles. The van der Waals surface area contributed by atoms with Crippen LogP contribution in [0.1, 0.15) is 39.5 Å². The molecule has 0 aromatic heterocycles. The minimum Gasteiger partial charge on any atom is -0.486 e. The van der Waals surface area contributed by atoms with Crippen LogP contribution in [0.5, 0.6) is 11.5 Å². The second-order valence-corrected chi connectivity index (χ2v) is 9.74. The van der Waals surface area contributed by atoms with Gasteiger partial charge in [-0.2, -0.15) is 4.31 Å². The van der Waals surface area contributed by atoms with Crippen LogP contribution in [0.25, 0.3) is 0 Å². The Balaban J connectivity index is 1.66. The summed E-state index contributed by atoms with van der Waals surface area (Å²) in [5.41, 5.74) is 0.544. The van der Waals surface area contributed by atoms with Gasteiger partial charge in [0.15, 0.2) is 11.5 Å². The van der Waals surface area contributed by atoms with Gasteiger partial charge in [0.1, 0.15) is 19.3 Å². The largest absolute Gasteiger partial charge is 0.486 e. The highest BCUT2D eigenvalue weighted by atomic mass is 32.2. The Hall–Kier alpha value is -2.33. The first-order chi connectivity index (χ1) is 14.9. The van der Waals surface area contributed by atoms with Gasteiger partial charge in [-0.25, -0.2) is 8.42 Å². The number of benzene rings is 1. The lowest BCUT2D eigenvalue weighted by molar-refractivity contribution is -0.138. The van der Waals surface area contributed by atoms with E-state index in [4.69, 9.17) is 9.47 Å². The van der Waals surface area contributed by atoms with Crippen LogP contribution in [0.4, 0.5) is 5.69 Å². The van der Waals surface area contributed by atoms with Crippen LogP contribution in [0, 0.1) is 0 Å². The van der Waals surface area contributed by atoms with E-state index in [0.29, 0.717) is 56.3 Å². The number of likely N-dealkylation sites (N-methyl/N-ethyl adjacent to an activating group) is 1. The highest BCUT2D eigenvalue weighted by molar-refractivity contribution is 7.89. The lowest BCUT2D eigenvalue weighted by atomic mass is 10.0. The Labute approximate surface area is 183 Å². The van der Waals surface area contributed by atoms with Crippen LogP contribution in [0.3, 0.4) is 0 Å². The van der Waals surface area contributed by atoms with Gasteiger partial charge in [-0.1, -0.05) is 13.3 Å². The first-order valence-corrected chi connectivity index (χ1v) is 12.4. The van der Waals surface area contributed by atoms with Gasteiger partial charge in [0.05, 0.1) is 12.3 Å². The van der Waals surface area contributed by atoms with E-state index in [9.17, 15) is 18.0 Å². The second-order valence-electron chi connectivity index (χ2n) is 7.70. The zero-order valence-electron chi connectivity index (χ0n) is 18.1. The Kier molecular flexibility index (Phi) is 7.77. The SMILES string of the molecule is CCCS(=O)(=O)N1CCCCC1C(=O)N(CC)CC(=O)Nc1ccc2c(c1)OCCO2. The molecule has 1 saturated heterocycles. The molecule has 2 aliphatic rings. The summed E-state index contributed by atoms with van der Waals surface area (Å²) in [5.74, 6) is 0.532. The van der Waals surface area contributed by atoms with E-state index in [0.717, 1.165) is 12.8 Å². The summed E-state index contributed by atoms with van der Waals surface area (Å²) in [6, 6.07) is 4.38. The summed E-state index contributed by atoms with van der Waals surface area (Å²) in [7, 11) is -3.50. The summed E-state index contributed by atoms with van der Waals surface area (Å²) in [6.45, 7) is 5.02. The van der Waals surface area contributed by atoms with Crippen LogP contribution in [0.15, 0.2) is 18.2 Å². The molecule has 172 valence electrons. The molecule has 1 fully saturated rings. The number of carbonyl (C=O) groups excluding carboxylic acids is 2.